The summed E-state index contributed by atoms with van der Waals surface area (Å²) in [6, 6.07) is 0. The second-order valence-electron chi connectivity index (χ2n) is 6.39. The van der Waals surface area contributed by atoms with Crippen LogP contribution < -0.4 is 0 Å². The van der Waals surface area contributed by atoms with E-state index in [1.807, 2.05) is 12.2 Å². The molecule has 0 saturated heterocycles. The Kier molecular flexibility index (Phi) is 13.9. The third-order valence-electron chi connectivity index (χ3n) is 4.13. The number of hydrogen-bond acceptors (Lipinski definition) is 3. The van der Waals surface area contributed by atoms with E-state index in [2.05, 4.69) is 6.92 Å². The van der Waals surface area contributed by atoms with Gasteiger partial charge in [-0.2, -0.15) is 8.42 Å². The molecule has 0 aliphatic carbocycles. The van der Waals surface area contributed by atoms with Crippen LogP contribution in [0, 0.1) is 0 Å². The fourth-order valence-corrected chi connectivity index (χ4v) is 3.44. The molecule has 142 valence electrons. The van der Waals surface area contributed by atoms with E-state index in [0.29, 0.717) is 19.3 Å². The zero-order valence-electron chi connectivity index (χ0n) is 15.0. The van der Waals surface area contributed by atoms with Gasteiger partial charge in [-0.3, -0.25) is 9.35 Å². The van der Waals surface area contributed by atoms with Gasteiger partial charge in [0.2, 0.25) is 0 Å². The monoisotopic (exact) mass is 362 g/mol. The molecule has 0 amide bonds. The average Bonchev–Trinajstić information content (AvgIpc) is 2.49. The molecular weight excluding hydrogens is 328 g/mol. The smallest absolute Gasteiger partial charge is 0.303 e. The first-order chi connectivity index (χ1) is 11.4. The Bertz CT molecular complexity index is 442. The Hall–Kier alpha value is -0.880. The van der Waals surface area contributed by atoms with Gasteiger partial charge in [-0.05, 0) is 32.1 Å². The molecule has 5 nitrogen and oxygen atoms in total. The van der Waals surface area contributed by atoms with Crippen LogP contribution in [0.4, 0.5) is 0 Å². The van der Waals surface area contributed by atoms with E-state index in [4.69, 9.17) is 5.11 Å². The predicted molar refractivity (Wildman–Crippen MR) is 97.8 cm³/mol. The number of aliphatic carboxylic acids is 1. The van der Waals surface area contributed by atoms with E-state index >= 15 is 0 Å². The Balaban J connectivity index is 3.91. The first kappa shape index (κ1) is 23.1. The van der Waals surface area contributed by atoms with Crippen molar-refractivity contribution in [1.82, 2.24) is 0 Å². The quantitative estimate of drug-likeness (QED) is 0.230. The second kappa shape index (κ2) is 14.5. The highest BCUT2D eigenvalue weighted by molar-refractivity contribution is 7.86. The van der Waals surface area contributed by atoms with Gasteiger partial charge in [-0.25, -0.2) is 0 Å². The maximum absolute atomic E-state index is 11.4. The lowest BCUT2D eigenvalue weighted by atomic mass is 10.1. The lowest BCUT2D eigenvalue weighted by molar-refractivity contribution is -0.137. The highest BCUT2D eigenvalue weighted by Gasteiger charge is 2.20. The van der Waals surface area contributed by atoms with Gasteiger partial charge in [-0.1, -0.05) is 64.0 Å². The molecule has 24 heavy (non-hydrogen) atoms. The molecule has 1 unspecified atom stereocenters. The van der Waals surface area contributed by atoms with Crippen LogP contribution in [-0.2, 0) is 14.9 Å². The number of unbranched alkanes of at least 4 members (excludes halogenated alkanes) is 8. The van der Waals surface area contributed by atoms with Crippen molar-refractivity contribution in [2.45, 2.75) is 95.6 Å². The van der Waals surface area contributed by atoms with Gasteiger partial charge >= 0.3 is 5.97 Å². The summed E-state index contributed by atoms with van der Waals surface area (Å²) in [5.41, 5.74) is 0. The molecule has 0 bridgehead atoms. The minimum absolute atomic E-state index is 0.201. The SMILES string of the molecule is CCCCCCCCC(CC=CCCCCCC(=O)O)S(=O)(=O)O. The van der Waals surface area contributed by atoms with Crippen LogP contribution in [-0.4, -0.2) is 29.3 Å². The number of carboxylic acids is 1. The zero-order chi connectivity index (χ0) is 18.3. The Morgan fingerprint density at radius 1 is 0.958 bits per heavy atom. The summed E-state index contributed by atoms with van der Waals surface area (Å²) in [5.74, 6) is -0.767. The molecule has 6 heteroatoms. The van der Waals surface area contributed by atoms with Crippen molar-refractivity contribution in [3.63, 3.8) is 0 Å². The summed E-state index contributed by atoms with van der Waals surface area (Å²) in [5, 5.41) is 7.83. The van der Waals surface area contributed by atoms with Crippen LogP contribution in [0.15, 0.2) is 12.2 Å². The summed E-state index contributed by atoms with van der Waals surface area (Å²) < 4.78 is 32.2. The molecule has 0 aromatic heterocycles. The third kappa shape index (κ3) is 14.7. The van der Waals surface area contributed by atoms with E-state index in [9.17, 15) is 17.8 Å². The number of hydrogen-bond donors (Lipinski definition) is 2. The second-order valence-corrected chi connectivity index (χ2v) is 8.09. The number of carboxylic acid groups (broad SMARTS) is 1. The van der Waals surface area contributed by atoms with Crippen LogP contribution in [0.2, 0.25) is 0 Å². The topological polar surface area (TPSA) is 91.7 Å². The van der Waals surface area contributed by atoms with Gasteiger partial charge < -0.3 is 5.11 Å². The predicted octanol–water partition coefficient (Wildman–Crippen LogP) is 4.97. The Morgan fingerprint density at radius 3 is 2.21 bits per heavy atom. The van der Waals surface area contributed by atoms with Gasteiger partial charge in [-0.15, -0.1) is 0 Å². The van der Waals surface area contributed by atoms with Crippen molar-refractivity contribution < 1.29 is 22.9 Å². The van der Waals surface area contributed by atoms with E-state index in [1.165, 1.54) is 19.3 Å². The molecule has 2 N–H and O–H groups in total. The fourth-order valence-electron chi connectivity index (χ4n) is 2.62. The molecule has 0 rings (SSSR count). The largest absolute Gasteiger partial charge is 0.481 e. The number of carbonyl (C=O) groups is 1. The molecule has 0 aromatic rings. The summed E-state index contributed by atoms with van der Waals surface area (Å²) in [6.07, 6.45) is 14.6. The lowest BCUT2D eigenvalue weighted by Crippen LogP contribution is -2.19. The van der Waals surface area contributed by atoms with Crippen LogP contribution in [0.25, 0.3) is 0 Å². The van der Waals surface area contributed by atoms with Gasteiger partial charge in [0, 0.05) is 6.42 Å². The van der Waals surface area contributed by atoms with Gasteiger partial charge in [0.25, 0.3) is 10.1 Å². The van der Waals surface area contributed by atoms with E-state index in [1.54, 1.807) is 0 Å². The zero-order valence-corrected chi connectivity index (χ0v) is 15.8. The van der Waals surface area contributed by atoms with Crippen molar-refractivity contribution in [2.24, 2.45) is 0 Å². The molecule has 0 saturated carbocycles. The molecular formula is C18H34O5S. The van der Waals surface area contributed by atoms with Crippen molar-refractivity contribution in [2.75, 3.05) is 0 Å². The average molecular weight is 363 g/mol. The van der Waals surface area contributed by atoms with Crippen molar-refractivity contribution in [1.29, 1.82) is 0 Å². The van der Waals surface area contributed by atoms with Crippen molar-refractivity contribution in [3.8, 4) is 0 Å². The molecule has 0 aliphatic heterocycles. The minimum Gasteiger partial charge on any atom is -0.481 e. The Labute approximate surface area is 147 Å². The van der Waals surface area contributed by atoms with Crippen molar-refractivity contribution >= 4 is 16.1 Å². The minimum atomic E-state index is -3.99. The van der Waals surface area contributed by atoms with E-state index in [-0.39, 0.29) is 6.42 Å². The van der Waals surface area contributed by atoms with Crippen LogP contribution in [0.5, 0.6) is 0 Å². The molecule has 0 aliphatic rings. The summed E-state index contributed by atoms with van der Waals surface area (Å²) in [4.78, 5) is 10.4. The van der Waals surface area contributed by atoms with Crippen LogP contribution in [0.3, 0.4) is 0 Å². The first-order valence-corrected chi connectivity index (χ1v) is 10.7. The van der Waals surface area contributed by atoms with Crippen LogP contribution >= 0.6 is 0 Å². The summed E-state index contributed by atoms with van der Waals surface area (Å²) in [6.45, 7) is 2.16. The maximum Gasteiger partial charge on any atom is 0.303 e. The highest BCUT2D eigenvalue weighted by atomic mass is 32.2. The fraction of sp³-hybridized carbons (Fsp3) is 0.833. The first-order valence-electron chi connectivity index (χ1n) is 9.21. The van der Waals surface area contributed by atoms with Crippen molar-refractivity contribution in [3.05, 3.63) is 12.2 Å². The highest BCUT2D eigenvalue weighted by Crippen LogP contribution is 2.16. The normalized spacial score (nSPS) is 13.4. The number of rotatable bonds is 16. The van der Waals surface area contributed by atoms with E-state index < -0.39 is 21.3 Å². The van der Waals surface area contributed by atoms with Gasteiger partial charge in [0.1, 0.15) is 0 Å². The molecule has 0 spiro atoms. The molecule has 1 atom stereocenters. The van der Waals surface area contributed by atoms with Crippen LogP contribution in [0.1, 0.15) is 90.4 Å². The molecule has 0 radical (unpaired) electrons. The lowest BCUT2D eigenvalue weighted by Gasteiger charge is -2.11. The third-order valence-corrected chi connectivity index (χ3v) is 5.40. The summed E-state index contributed by atoms with van der Waals surface area (Å²) >= 11 is 0. The van der Waals surface area contributed by atoms with Gasteiger partial charge in [0.05, 0.1) is 5.25 Å². The molecule has 0 fully saturated rings. The van der Waals surface area contributed by atoms with E-state index in [0.717, 1.165) is 38.5 Å². The molecule has 0 aromatic carbocycles. The number of allylic oxidation sites excluding steroid dienone is 2. The van der Waals surface area contributed by atoms with Gasteiger partial charge in [0.15, 0.2) is 0 Å². The standard InChI is InChI=1S/C18H34O5S/c1-2-3-4-5-8-11-14-17(24(21,22)23)15-12-9-6-7-10-13-16-18(19)20/h9,12,17H,2-8,10-11,13-16H2,1H3,(H,19,20)(H,21,22,23). The molecule has 0 heterocycles. The Morgan fingerprint density at radius 2 is 1.58 bits per heavy atom. The maximum atomic E-state index is 11.4. The summed E-state index contributed by atoms with van der Waals surface area (Å²) in [7, 11) is -3.99.